The molecule has 1 fully saturated rings. The molecule has 1 N–H and O–H groups in total. The van der Waals surface area contributed by atoms with E-state index >= 15 is 0 Å². The first-order valence-corrected chi connectivity index (χ1v) is 7.83. The number of methoxy groups -OCH3 is 1. The van der Waals surface area contributed by atoms with E-state index in [9.17, 15) is 14.4 Å². The Labute approximate surface area is 140 Å². The lowest BCUT2D eigenvalue weighted by Crippen LogP contribution is -2.35. The number of carboxylic acid groups (broad SMARTS) is 1. The van der Waals surface area contributed by atoms with Crippen LogP contribution in [0.4, 0.5) is 5.69 Å². The van der Waals surface area contributed by atoms with Gasteiger partial charge in [-0.15, -0.1) is 0 Å². The van der Waals surface area contributed by atoms with Crippen molar-refractivity contribution in [2.24, 2.45) is 5.92 Å². The summed E-state index contributed by atoms with van der Waals surface area (Å²) in [4.78, 5) is 38.3. The van der Waals surface area contributed by atoms with Crippen LogP contribution >= 0.6 is 0 Å². The molecule has 1 aliphatic rings. The number of ether oxygens (including phenoxy) is 1. The highest BCUT2D eigenvalue weighted by Crippen LogP contribution is 2.27. The van der Waals surface area contributed by atoms with E-state index in [1.165, 1.54) is 4.90 Å². The number of anilines is 1. The zero-order valence-corrected chi connectivity index (χ0v) is 13.9. The number of carboxylic acids is 1. The van der Waals surface area contributed by atoms with Gasteiger partial charge in [0, 0.05) is 38.7 Å². The topological polar surface area (TPSA) is 87.2 Å². The van der Waals surface area contributed by atoms with Gasteiger partial charge in [-0.2, -0.15) is 0 Å². The first-order valence-electron chi connectivity index (χ1n) is 7.83. The average molecular weight is 334 g/mol. The third-order valence-electron chi connectivity index (χ3n) is 4.12. The predicted octanol–water partition coefficient (Wildman–Crippen LogP) is 1.37. The Kier molecular flexibility index (Phi) is 5.78. The molecule has 7 nitrogen and oxygen atoms in total. The van der Waals surface area contributed by atoms with E-state index in [1.54, 1.807) is 43.3 Å². The Morgan fingerprint density at radius 2 is 2.00 bits per heavy atom. The van der Waals surface area contributed by atoms with Gasteiger partial charge < -0.3 is 19.6 Å². The SMILES string of the molecule is COc1ccc(N2CC(C(=O)N(C)CCCC(=O)O)CC2=O)cc1. The molecule has 1 aromatic rings. The van der Waals surface area contributed by atoms with Crippen LogP contribution in [0.25, 0.3) is 0 Å². The molecule has 130 valence electrons. The number of rotatable bonds is 7. The summed E-state index contributed by atoms with van der Waals surface area (Å²) in [7, 11) is 3.22. The Hall–Kier alpha value is -2.57. The van der Waals surface area contributed by atoms with Crippen molar-refractivity contribution in [2.45, 2.75) is 19.3 Å². The van der Waals surface area contributed by atoms with E-state index in [2.05, 4.69) is 0 Å². The minimum absolute atomic E-state index is 0.0270. The molecule has 1 unspecified atom stereocenters. The van der Waals surface area contributed by atoms with Gasteiger partial charge in [0.1, 0.15) is 5.75 Å². The maximum atomic E-state index is 12.4. The zero-order chi connectivity index (χ0) is 17.7. The van der Waals surface area contributed by atoms with Crippen LogP contribution in [-0.2, 0) is 14.4 Å². The molecule has 24 heavy (non-hydrogen) atoms. The molecule has 0 saturated carbocycles. The maximum Gasteiger partial charge on any atom is 0.303 e. The molecule has 1 heterocycles. The van der Waals surface area contributed by atoms with E-state index in [0.717, 1.165) is 5.69 Å². The molecular weight excluding hydrogens is 312 g/mol. The van der Waals surface area contributed by atoms with Gasteiger partial charge in [0.25, 0.3) is 0 Å². The fourth-order valence-electron chi connectivity index (χ4n) is 2.77. The molecule has 0 aliphatic carbocycles. The summed E-state index contributed by atoms with van der Waals surface area (Å²) in [5.41, 5.74) is 0.740. The summed E-state index contributed by atoms with van der Waals surface area (Å²) in [5.74, 6) is -0.773. The number of hydrogen-bond donors (Lipinski definition) is 1. The summed E-state index contributed by atoms with van der Waals surface area (Å²) in [6.07, 6.45) is 0.605. The second-order valence-electron chi connectivity index (χ2n) is 5.86. The van der Waals surface area contributed by atoms with Gasteiger partial charge >= 0.3 is 5.97 Å². The first-order chi connectivity index (χ1) is 11.4. The Bertz CT molecular complexity index is 614. The largest absolute Gasteiger partial charge is 0.497 e. The van der Waals surface area contributed by atoms with Gasteiger partial charge in [-0.1, -0.05) is 0 Å². The van der Waals surface area contributed by atoms with E-state index < -0.39 is 11.9 Å². The van der Waals surface area contributed by atoms with Gasteiger partial charge in [0.15, 0.2) is 0 Å². The minimum Gasteiger partial charge on any atom is -0.497 e. The number of amides is 2. The fourth-order valence-corrected chi connectivity index (χ4v) is 2.77. The third kappa shape index (κ3) is 4.24. The lowest BCUT2D eigenvalue weighted by atomic mass is 10.1. The van der Waals surface area contributed by atoms with Gasteiger partial charge in [-0.05, 0) is 30.7 Å². The fraction of sp³-hybridized carbons (Fsp3) is 0.471. The maximum absolute atomic E-state index is 12.4. The molecule has 0 bridgehead atoms. The van der Waals surface area contributed by atoms with E-state index in [1.807, 2.05) is 0 Å². The molecule has 2 amide bonds. The molecule has 2 rings (SSSR count). The Morgan fingerprint density at radius 1 is 1.33 bits per heavy atom. The Morgan fingerprint density at radius 3 is 2.58 bits per heavy atom. The van der Waals surface area contributed by atoms with Crippen molar-refractivity contribution >= 4 is 23.5 Å². The van der Waals surface area contributed by atoms with Crippen LogP contribution in [0.2, 0.25) is 0 Å². The highest BCUT2D eigenvalue weighted by atomic mass is 16.5. The lowest BCUT2D eigenvalue weighted by Gasteiger charge is -2.21. The van der Waals surface area contributed by atoms with E-state index in [4.69, 9.17) is 9.84 Å². The number of aliphatic carboxylic acids is 1. The van der Waals surface area contributed by atoms with Gasteiger partial charge in [-0.25, -0.2) is 0 Å². The lowest BCUT2D eigenvalue weighted by molar-refractivity contribution is -0.138. The number of benzene rings is 1. The quantitative estimate of drug-likeness (QED) is 0.814. The summed E-state index contributed by atoms with van der Waals surface area (Å²) in [5, 5.41) is 8.65. The molecule has 1 aliphatic heterocycles. The molecule has 1 atom stereocenters. The normalized spacial score (nSPS) is 17.0. The zero-order valence-electron chi connectivity index (χ0n) is 13.9. The van der Waals surface area contributed by atoms with Crippen LogP contribution in [0.15, 0.2) is 24.3 Å². The summed E-state index contributed by atoms with van der Waals surface area (Å²) in [6.45, 7) is 0.714. The van der Waals surface area contributed by atoms with Crippen LogP contribution in [0.3, 0.4) is 0 Å². The first kappa shape index (κ1) is 17.8. The highest BCUT2D eigenvalue weighted by molar-refractivity contribution is 6.00. The molecule has 0 radical (unpaired) electrons. The van der Waals surface area contributed by atoms with Crippen LogP contribution in [-0.4, -0.2) is 55.0 Å². The van der Waals surface area contributed by atoms with Crippen LogP contribution in [0.1, 0.15) is 19.3 Å². The Balaban J connectivity index is 1.95. The minimum atomic E-state index is -0.877. The van der Waals surface area contributed by atoms with Crippen molar-refractivity contribution in [3.8, 4) is 5.75 Å². The van der Waals surface area contributed by atoms with Gasteiger partial charge in [0.05, 0.1) is 13.0 Å². The highest BCUT2D eigenvalue weighted by Gasteiger charge is 2.36. The molecule has 7 heteroatoms. The van der Waals surface area contributed by atoms with Crippen LogP contribution < -0.4 is 9.64 Å². The number of nitrogens with zero attached hydrogens (tertiary/aromatic N) is 2. The molecule has 0 spiro atoms. The summed E-state index contributed by atoms with van der Waals surface area (Å²) in [6, 6.07) is 7.13. The molecule has 1 saturated heterocycles. The molecule has 0 aromatic heterocycles. The van der Waals surface area contributed by atoms with Crippen molar-refractivity contribution in [1.29, 1.82) is 0 Å². The standard InChI is InChI=1S/C17H22N2O5/c1-18(9-3-4-16(21)22)17(23)12-10-15(20)19(11-12)13-5-7-14(24-2)8-6-13/h5-8,12H,3-4,9-11H2,1-2H3,(H,21,22). The monoisotopic (exact) mass is 334 g/mol. The number of carbonyl (C=O) groups is 3. The summed E-state index contributed by atoms with van der Waals surface area (Å²) >= 11 is 0. The average Bonchev–Trinajstić information content (AvgIpc) is 2.95. The number of hydrogen-bond acceptors (Lipinski definition) is 4. The van der Waals surface area contributed by atoms with Gasteiger partial charge in [-0.3, -0.25) is 14.4 Å². The van der Waals surface area contributed by atoms with Crippen molar-refractivity contribution in [3.63, 3.8) is 0 Å². The van der Waals surface area contributed by atoms with Crippen molar-refractivity contribution in [2.75, 3.05) is 32.1 Å². The van der Waals surface area contributed by atoms with Crippen molar-refractivity contribution in [1.82, 2.24) is 4.90 Å². The van der Waals surface area contributed by atoms with Crippen molar-refractivity contribution < 1.29 is 24.2 Å². The van der Waals surface area contributed by atoms with Crippen molar-refractivity contribution in [3.05, 3.63) is 24.3 Å². The predicted molar refractivity (Wildman–Crippen MR) is 88.0 cm³/mol. The van der Waals surface area contributed by atoms with Crippen LogP contribution in [0.5, 0.6) is 5.75 Å². The second-order valence-corrected chi connectivity index (χ2v) is 5.86. The van der Waals surface area contributed by atoms with Gasteiger partial charge in [0.2, 0.25) is 11.8 Å². The smallest absolute Gasteiger partial charge is 0.303 e. The van der Waals surface area contributed by atoms with E-state index in [-0.39, 0.29) is 24.7 Å². The number of carbonyl (C=O) groups excluding carboxylic acids is 2. The van der Waals surface area contributed by atoms with E-state index in [0.29, 0.717) is 25.3 Å². The molecule has 1 aromatic carbocycles. The van der Waals surface area contributed by atoms with Crippen LogP contribution in [0, 0.1) is 5.92 Å². The second kappa shape index (κ2) is 7.81. The summed E-state index contributed by atoms with van der Waals surface area (Å²) < 4.78 is 5.10. The third-order valence-corrected chi connectivity index (χ3v) is 4.12. The molecular formula is C17H22N2O5.